The average molecular weight is 179 g/mol. The Labute approximate surface area is 76.0 Å². The topological polar surface area (TPSA) is 49.1 Å². The first-order chi connectivity index (χ1) is 6.33. The second-order valence-corrected chi connectivity index (χ2v) is 2.81. The van der Waals surface area contributed by atoms with Crippen molar-refractivity contribution in [2.75, 3.05) is 11.6 Å². The quantitative estimate of drug-likeness (QED) is 0.594. The maximum absolute atomic E-state index is 11.4. The Balaban J connectivity index is 2.13. The molecular formula is C8H11N4O+. The van der Waals surface area contributed by atoms with Gasteiger partial charge in [-0.1, -0.05) is 4.98 Å². The van der Waals surface area contributed by atoms with Crippen LogP contribution < -0.4 is 15.0 Å². The van der Waals surface area contributed by atoms with Gasteiger partial charge in [-0.2, -0.15) is 0 Å². The van der Waals surface area contributed by atoms with E-state index in [1.165, 1.54) is 0 Å². The minimum atomic E-state index is -0.0759. The summed E-state index contributed by atoms with van der Waals surface area (Å²) in [5.41, 5.74) is 1.10. The van der Waals surface area contributed by atoms with E-state index in [0.29, 0.717) is 13.1 Å². The summed E-state index contributed by atoms with van der Waals surface area (Å²) in [5.74, 6) is 0. The monoisotopic (exact) mass is 179 g/mol. The van der Waals surface area contributed by atoms with Crippen LogP contribution in [0, 0.1) is 0 Å². The first-order valence-electron chi connectivity index (χ1n) is 4.23. The van der Waals surface area contributed by atoms with Crippen LogP contribution in [0.3, 0.4) is 0 Å². The Morgan fingerprint density at radius 1 is 1.85 bits per heavy atom. The highest BCUT2D eigenvalue weighted by Gasteiger charge is 2.32. The summed E-state index contributed by atoms with van der Waals surface area (Å²) < 4.78 is 1.74. The minimum absolute atomic E-state index is 0.0759. The molecule has 0 spiro atoms. The van der Waals surface area contributed by atoms with Gasteiger partial charge in [0.2, 0.25) is 0 Å². The van der Waals surface area contributed by atoms with Gasteiger partial charge in [-0.15, -0.1) is 9.69 Å². The summed E-state index contributed by atoms with van der Waals surface area (Å²) >= 11 is 0. The fourth-order valence-corrected chi connectivity index (χ4v) is 1.29. The smallest absolute Gasteiger partial charge is 0.335 e. The molecule has 1 aromatic rings. The third kappa shape index (κ3) is 1.22. The molecule has 5 nitrogen and oxygen atoms in total. The number of amides is 2. The van der Waals surface area contributed by atoms with E-state index in [0.717, 1.165) is 5.69 Å². The van der Waals surface area contributed by atoms with Crippen molar-refractivity contribution >= 4 is 6.03 Å². The van der Waals surface area contributed by atoms with Gasteiger partial charge in [0.1, 0.15) is 12.7 Å². The zero-order valence-corrected chi connectivity index (χ0v) is 7.40. The fourth-order valence-electron chi connectivity index (χ4n) is 1.29. The molecule has 0 radical (unpaired) electrons. The second-order valence-electron chi connectivity index (χ2n) is 2.81. The van der Waals surface area contributed by atoms with E-state index in [4.69, 9.17) is 0 Å². The lowest BCUT2D eigenvalue weighted by molar-refractivity contribution is -0.730. The number of urea groups is 1. The number of nitrogens with zero attached hydrogens (tertiary/aromatic N) is 3. The fraction of sp³-hybridized carbons (Fsp3) is 0.375. The molecule has 2 heterocycles. The van der Waals surface area contributed by atoms with Crippen LogP contribution in [0.15, 0.2) is 18.6 Å². The molecule has 0 unspecified atom stereocenters. The Hall–Kier alpha value is -1.65. The molecule has 2 rings (SSSR count). The largest absolute Gasteiger partial charge is 0.353 e. The van der Waals surface area contributed by atoms with Gasteiger partial charge in [-0.05, 0) is 6.92 Å². The van der Waals surface area contributed by atoms with Gasteiger partial charge in [0.15, 0.2) is 5.69 Å². The van der Waals surface area contributed by atoms with Gasteiger partial charge < -0.3 is 5.32 Å². The molecular weight excluding hydrogens is 168 g/mol. The number of rotatable bonds is 1. The Kier molecular flexibility index (Phi) is 1.84. The number of aromatic nitrogens is 2. The number of carbonyl (C=O) groups excluding carboxylic acids is 1. The van der Waals surface area contributed by atoms with E-state index >= 15 is 0 Å². The van der Waals surface area contributed by atoms with E-state index in [9.17, 15) is 4.79 Å². The van der Waals surface area contributed by atoms with Crippen molar-refractivity contribution < 1.29 is 9.47 Å². The number of carbonyl (C=O) groups is 1. The summed E-state index contributed by atoms with van der Waals surface area (Å²) in [5, 5.41) is 4.33. The van der Waals surface area contributed by atoms with Crippen LogP contribution >= 0.6 is 0 Å². The molecule has 0 saturated carbocycles. The summed E-state index contributed by atoms with van der Waals surface area (Å²) in [7, 11) is 0. The molecule has 0 fully saturated rings. The van der Waals surface area contributed by atoms with E-state index in [-0.39, 0.29) is 6.03 Å². The number of hydrogen-bond donors (Lipinski definition) is 1. The summed E-state index contributed by atoms with van der Waals surface area (Å²) in [6, 6.07) is 1.82. The SMILES string of the molecule is CCNC(=O)N1Cc2ccnc[n+]21. The van der Waals surface area contributed by atoms with E-state index in [1.54, 1.807) is 22.2 Å². The van der Waals surface area contributed by atoms with Crippen molar-refractivity contribution in [3.8, 4) is 0 Å². The Bertz CT molecular complexity index is 339. The van der Waals surface area contributed by atoms with Crippen molar-refractivity contribution in [3.63, 3.8) is 0 Å². The Morgan fingerprint density at radius 3 is 3.38 bits per heavy atom. The zero-order chi connectivity index (χ0) is 9.26. The maximum atomic E-state index is 11.4. The van der Waals surface area contributed by atoms with Crippen molar-refractivity contribution in [2.24, 2.45) is 0 Å². The molecule has 0 aromatic carbocycles. The van der Waals surface area contributed by atoms with E-state index in [1.807, 2.05) is 13.0 Å². The molecule has 0 saturated heterocycles. The molecule has 68 valence electrons. The van der Waals surface area contributed by atoms with Crippen LogP contribution in [-0.2, 0) is 6.54 Å². The lowest BCUT2D eigenvalue weighted by Crippen LogP contribution is -2.73. The van der Waals surface area contributed by atoms with Gasteiger partial charge >= 0.3 is 12.4 Å². The predicted molar refractivity (Wildman–Crippen MR) is 45.4 cm³/mol. The molecule has 1 N–H and O–H groups in total. The van der Waals surface area contributed by atoms with Crippen molar-refractivity contribution in [1.82, 2.24) is 10.3 Å². The molecule has 1 aliphatic rings. The molecule has 1 aliphatic heterocycles. The molecule has 0 bridgehead atoms. The zero-order valence-electron chi connectivity index (χ0n) is 7.40. The minimum Gasteiger partial charge on any atom is -0.335 e. The van der Waals surface area contributed by atoms with Gasteiger partial charge in [0, 0.05) is 12.6 Å². The third-order valence-corrected chi connectivity index (χ3v) is 1.96. The third-order valence-electron chi connectivity index (χ3n) is 1.96. The highest BCUT2D eigenvalue weighted by Crippen LogP contribution is 2.03. The lowest BCUT2D eigenvalue weighted by Gasteiger charge is -2.27. The summed E-state index contributed by atoms with van der Waals surface area (Å²) in [6.45, 7) is 3.20. The molecule has 13 heavy (non-hydrogen) atoms. The predicted octanol–water partition coefficient (Wildman–Crippen LogP) is -0.450. The summed E-state index contributed by atoms with van der Waals surface area (Å²) in [4.78, 5) is 15.3. The average Bonchev–Trinajstić information content (AvgIpc) is 2.07. The first kappa shape index (κ1) is 7.97. The molecule has 0 aliphatic carbocycles. The highest BCUT2D eigenvalue weighted by atomic mass is 16.2. The standard InChI is InChI=1S/C8H10N4O/c1-2-10-8(13)11-5-7-3-4-9-6-12(7)11/h3-4,6H,2,5H2,1H3/p+1. The Morgan fingerprint density at radius 2 is 2.69 bits per heavy atom. The van der Waals surface area contributed by atoms with Gasteiger partial charge in [-0.3, -0.25) is 0 Å². The van der Waals surface area contributed by atoms with Crippen LogP contribution in [-0.4, -0.2) is 17.6 Å². The van der Waals surface area contributed by atoms with Crippen LogP contribution in [0.2, 0.25) is 0 Å². The van der Waals surface area contributed by atoms with E-state index in [2.05, 4.69) is 10.3 Å². The van der Waals surface area contributed by atoms with Crippen LogP contribution in [0.25, 0.3) is 0 Å². The van der Waals surface area contributed by atoms with E-state index < -0.39 is 0 Å². The van der Waals surface area contributed by atoms with Crippen LogP contribution in [0.4, 0.5) is 4.79 Å². The maximum Gasteiger partial charge on any atom is 0.353 e. The molecule has 2 amide bonds. The molecule has 1 aromatic heterocycles. The highest BCUT2D eigenvalue weighted by molar-refractivity contribution is 5.82. The van der Waals surface area contributed by atoms with Crippen LogP contribution in [0.1, 0.15) is 12.6 Å². The second kappa shape index (κ2) is 3.01. The molecule has 5 heteroatoms. The van der Waals surface area contributed by atoms with Crippen molar-refractivity contribution in [3.05, 3.63) is 24.3 Å². The van der Waals surface area contributed by atoms with Crippen molar-refractivity contribution in [1.29, 1.82) is 0 Å². The van der Waals surface area contributed by atoms with Gasteiger partial charge in [0.25, 0.3) is 0 Å². The normalized spacial score (nSPS) is 13.2. The van der Waals surface area contributed by atoms with Gasteiger partial charge in [-0.25, -0.2) is 4.79 Å². The summed E-state index contributed by atoms with van der Waals surface area (Å²) in [6.07, 6.45) is 3.36. The van der Waals surface area contributed by atoms with Crippen molar-refractivity contribution in [2.45, 2.75) is 13.5 Å². The van der Waals surface area contributed by atoms with Crippen LogP contribution in [0.5, 0.6) is 0 Å². The first-order valence-corrected chi connectivity index (χ1v) is 4.23. The molecule has 0 atom stereocenters. The number of hydrogen-bond acceptors (Lipinski definition) is 2. The number of nitrogens with one attached hydrogen (secondary N) is 1. The lowest BCUT2D eigenvalue weighted by atomic mass is 10.3. The number of fused-ring (bicyclic) bond motifs is 1. The van der Waals surface area contributed by atoms with Gasteiger partial charge in [0.05, 0.1) is 0 Å².